The molecule has 116 valence electrons. The molecule has 8 heteroatoms. The normalized spacial score (nSPS) is 10.8. The van der Waals surface area contributed by atoms with Crippen LogP contribution in [0.1, 0.15) is 11.3 Å². The maximum Gasteiger partial charge on any atom is 0.266 e. The Morgan fingerprint density at radius 3 is 2.88 bits per heavy atom. The Morgan fingerprint density at radius 2 is 2.12 bits per heavy atom. The number of hydrogen-bond acceptors (Lipinski definition) is 6. The topological polar surface area (TPSA) is 111 Å². The van der Waals surface area contributed by atoms with Crippen molar-refractivity contribution >= 4 is 22.8 Å². The maximum absolute atomic E-state index is 11.7. The van der Waals surface area contributed by atoms with Crippen LogP contribution in [0.2, 0.25) is 0 Å². The summed E-state index contributed by atoms with van der Waals surface area (Å²) < 4.78 is 8.15. The van der Waals surface area contributed by atoms with E-state index in [0.29, 0.717) is 17.2 Å². The first-order valence-electron chi connectivity index (χ1n) is 7.08. The van der Waals surface area contributed by atoms with Gasteiger partial charge in [0.05, 0.1) is 29.0 Å². The molecular formula is C16H10N6OS. The summed E-state index contributed by atoms with van der Waals surface area (Å²) in [5.41, 5.74) is 4.45. The first-order chi connectivity index (χ1) is 11.7. The fourth-order valence-corrected chi connectivity index (χ4v) is 2.99. The second-order valence-electron chi connectivity index (χ2n) is 5.27. The van der Waals surface area contributed by atoms with Crippen LogP contribution in [0.3, 0.4) is 0 Å². The highest BCUT2D eigenvalue weighted by Gasteiger charge is 2.11. The quantitative estimate of drug-likeness (QED) is 0.585. The number of aromatic nitrogens is 5. The van der Waals surface area contributed by atoms with Crippen molar-refractivity contribution < 1.29 is 0 Å². The third-order valence-corrected chi connectivity index (χ3v) is 4.23. The summed E-state index contributed by atoms with van der Waals surface area (Å²) >= 11 is 1.13. The molecule has 0 amide bonds. The molecule has 0 bridgehead atoms. The van der Waals surface area contributed by atoms with Crippen LogP contribution in [-0.4, -0.2) is 23.7 Å². The molecule has 0 atom stereocenters. The van der Waals surface area contributed by atoms with Crippen LogP contribution >= 0.6 is 11.7 Å². The van der Waals surface area contributed by atoms with Crippen LogP contribution in [0.5, 0.6) is 0 Å². The number of rotatable bonds is 2. The molecular weight excluding hydrogens is 324 g/mol. The third kappa shape index (κ3) is 2.28. The van der Waals surface area contributed by atoms with E-state index in [9.17, 15) is 4.79 Å². The largest absolute Gasteiger partial charge is 0.337 e. The van der Waals surface area contributed by atoms with Crippen molar-refractivity contribution in [2.75, 3.05) is 0 Å². The molecule has 0 aliphatic rings. The smallest absolute Gasteiger partial charge is 0.266 e. The molecule has 0 aliphatic heterocycles. The van der Waals surface area contributed by atoms with Gasteiger partial charge in [0.25, 0.3) is 5.56 Å². The van der Waals surface area contributed by atoms with E-state index in [1.807, 2.05) is 24.3 Å². The number of benzene rings is 1. The second-order valence-corrected chi connectivity index (χ2v) is 5.83. The number of nitriles is 1. The summed E-state index contributed by atoms with van der Waals surface area (Å²) in [5, 5.41) is 9.06. The fraction of sp³-hybridized carbons (Fsp3) is 0.0625. The van der Waals surface area contributed by atoms with E-state index in [2.05, 4.69) is 23.7 Å². The van der Waals surface area contributed by atoms with E-state index < -0.39 is 0 Å². The van der Waals surface area contributed by atoms with E-state index in [0.717, 1.165) is 33.9 Å². The van der Waals surface area contributed by atoms with Gasteiger partial charge in [-0.3, -0.25) is 4.79 Å². The van der Waals surface area contributed by atoms with E-state index in [1.54, 1.807) is 19.2 Å². The second kappa shape index (κ2) is 5.40. The molecule has 3 aromatic heterocycles. The number of aromatic amines is 2. The number of nitrogens with zero attached hydrogens (tertiary/aromatic N) is 4. The SMILES string of the molecule is Cc1[nH]c(=O)c(C#N)cc1-c1ccc2[nH]c(-c3cnsn3)nc2c1. The van der Waals surface area contributed by atoms with Gasteiger partial charge in [0.15, 0.2) is 5.82 Å². The van der Waals surface area contributed by atoms with Crippen molar-refractivity contribution in [3.8, 4) is 28.7 Å². The minimum Gasteiger partial charge on any atom is -0.337 e. The average molecular weight is 334 g/mol. The number of nitrogens with one attached hydrogen (secondary N) is 2. The predicted molar refractivity (Wildman–Crippen MR) is 90.5 cm³/mol. The molecule has 0 unspecified atom stereocenters. The molecule has 2 N–H and O–H groups in total. The molecule has 3 heterocycles. The van der Waals surface area contributed by atoms with Crippen molar-refractivity contribution in [2.24, 2.45) is 0 Å². The molecule has 0 fully saturated rings. The van der Waals surface area contributed by atoms with Crippen LogP contribution in [0.25, 0.3) is 33.7 Å². The molecule has 1 aromatic carbocycles. The van der Waals surface area contributed by atoms with Crippen molar-refractivity contribution in [1.29, 1.82) is 5.26 Å². The third-order valence-electron chi connectivity index (χ3n) is 3.76. The van der Waals surface area contributed by atoms with Crippen molar-refractivity contribution in [3.63, 3.8) is 0 Å². The zero-order valence-corrected chi connectivity index (χ0v) is 13.3. The lowest BCUT2D eigenvalue weighted by Crippen LogP contribution is -2.11. The Balaban J connectivity index is 1.87. The number of fused-ring (bicyclic) bond motifs is 1. The highest BCUT2D eigenvalue weighted by molar-refractivity contribution is 6.99. The van der Waals surface area contributed by atoms with Gasteiger partial charge in [-0.25, -0.2) is 4.98 Å². The van der Waals surface area contributed by atoms with Gasteiger partial charge in [-0.2, -0.15) is 14.0 Å². The Hall–Kier alpha value is -3.31. The van der Waals surface area contributed by atoms with E-state index in [1.165, 1.54) is 0 Å². The Labute approximate surface area is 140 Å². The van der Waals surface area contributed by atoms with Crippen molar-refractivity contribution in [3.05, 3.63) is 52.1 Å². The van der Waals surface area contributed by atoms with E-state index in [-0.39, 0.29) is 11.1 Å². The van der Waals surface area contributed by atoms with Crippen molar-refractivity contribution in [1.82, 2.24) is 23.7 Å². The average Bonchev–Trinajstić information content (AvgIpc) is 3.23. The standard InChI is InChI=1S/C16H10N6OS/c1-8-11(4-10(6-17)16(23)19-8)9-2-3-12-13(5-9)21-15(20-12)14-7-18-24-22-14/h2-5,7H,1H3,(H,19,23)(H,20,21). The molecule has 0 radical (unpaired) electrons. The monoisotopic (exact) mass is 334 g/mol. The van der Waals surface area contributed by atoms with Gasteiger partial charge in [0, 0.05) is 11.3 Å². The molecule has 7 nitrogen and oxygen atoms in total. The summed E-state index contributed by atoms with van der Waals surface area (Å²) in [7, 11) is 0. The summed E-state index contributed by atoms with van der Waals surface area (Å²) in [5.74, 6) is 0.659. The number of aryl methyl sites for hydroxylation is 1. The molecule has 24 heavy (non-hydrogen) atoms. The highest BCUT2D eigenvalue weighted by Crippen LogP contribution is 2.27. The van der Waals surface area contributed by atoms with Gasteiger partial charge in [-0.05, 0) is 30.7 Å². The first kappa shape index (κ1) is 14.3. The van der Waals surface area contributed by atoms with Crippen LogP contribution < -0.4 is 5.56 Å². The fourth-order valence-electron chi connectivity index (χ4n) is 2.57. The van der Waals surface area contributed by atoms with Gasteiger partial charge in [-0.15, -0.1) is 0 Å². The lowest BCUT2D eigenvalue weighted by molar-refractivity contribution is 1.13. The van der Waals surface area contributed by atoms with Gasteiger partial charge in [-0.1, -0.05) is 6.07 Å². The molecule has 4 rings (SSSR count). The number of hydrogen-bond donors (Lipinski definition) is 2. The zero-order chi connectivity index (χ0) is 16.7. The summed E-state index contributed by atoms with van der Waals surface area (Å²) in [4.78, 5) is 22.2. The summed E-state index contributed by atoms with van der Waals surface area (Å²) in [6.07, 6.45) is 1.66. The van der Waals surface area contributed by atoms with Crippen LogP contribution in [0, 0.1) is 18.3 Å². The predicted octanol–water partition coefficient (Wildman–Crippen LogP) is 2.62. The molecule has 0 aliphatic carbocycles. The Kier molecular flexibility index (Phi) is 3.22. The lowest BCUT2D eigenvalue weighted by atomic mass is 10.0. The zero-order valence-electron chi connectivity index (χ0n) is 12.5. The number of H-pyrrole nitrogens is 2. The van der Waals surface area contributed by atoms with Crippen LogP contribution in [-0.2, 0) is 0 Å². The molecule has 4 aromatic rings. The Bertz CT molecular complexity index is 1150. The molecule has 0 spiro atoms. The van der Waals surface area contributed by atoms with Crippen LogP contribution in [0.15, 0.2) is 35.3 Å². The van der Waals surface area contributed by atoms with Gasteiger partial charge in [0.1, 0.15) is 17.3 Å². The summed E-state index contributed by atoms with van der Waals surface area (Å²) in [6, 6.07) is 9.27. The Morgan fingerprint density at radius 1 is 1.25 bits per heavy atom. The molecule has 0 saturated heterocycles. The van der Waals surface area contributed by atoms with Gasteiger partial charge < -0.3 is 9.97 Å². The van der Waals surface area contributed by atoms with E-state index in [4.69, 9.17) is 5.26 Å². The van der Waals surface area contributed by atoms with Gasteiger partial charge in [0.2, 0.25) is 0 Å². The van der Waals surface area contributed by atoms with Gasteiger partial charge >= 0.3 is 0 Å². The minimum atomic E-state index is -0.377. The molecule has 0 saturated carbocycles. The number of imidazole rings is 1. The number of pyridine rings is 1. The lowest BCUT2D eigenvalue weighted by Gasteiger charge is -2.06. The minimum absolute atomic E-state index is 0.0898. The maximum atomic E-state index is 11.7. The first-order valence-corrected chi connectivity index (χ1v) is 7.81. The highest BCUT2D eigenvalue weighted by atomic mass is 32.1. The summed E-state index contributed by atoms with van der Waals surface area (Å²) in [6.45, 7) is 1.80. The van der Waals surface area contributed by atoms with Crippen molar-refractivity contribution in [2.45, 2.75) is 6.92 Å². The van der Waals surface area contributed by atoms with Crippen LogP contribution in [0.4, 0.5) is 0 Å². The van der Waals surface area contributed by atoms with E-state index >= 15 is 0 Å².